The van der Waals surface area contributed by atoms with Gasteiger partial charge in [0, 0.05) is 0 Å². The van der Waals surface area contributed by atoms with Crippen molar-refractivity contribution >= 4 is 5.97 Å². The molecule has 2 fully saturated rings. The summed E-state index contributed by atoms with van der Waals surface area (Å²) in [7, 11) is 1.76. The summed E-state index contributed by atoms with van der Waals surface area (Å²) in [6.07, 6.45) is 7.43. The molecule has 0 amide bonds. The molecule has 2 rings (SSSR count). The summed E-state index contributed by atoms with van der Waals surface area (Å²) in [5, 5.41) is 12.0. The Bertz CT molecular complexity index is 235. The molecule has 0 aromatic heterocycles. The molecule has 0 bridgehead atoms. The zero-order valence-corrected chi connectivity index (χ0v) is 8.75. The van der Waals surface area contributed by atoms with Gasteiger partial charge in [-0.25, -0.2) is 0 Å². The quantitative estimate of drug-likeness (QED) is 0.723. The molecule has 2 atom stereocenters. The summed E-state index contributed by atoms with van der Waals surface area (Å²) < 4.78 is 0. The zero-order valence-electron chi connectivity index (χ0n) is 8.75. The van der Waals surface area contributed by atoms with Gasteiger partial charge in [-0.15, -0.1) is 0 Å². The van der Waals surface area contributed by atoms with Crippen molar-refractivity contribution in [1.29, 1.82) is 0 Å². The largest absolute Gasteiger partial charge is 0.480 e. The molecule has 2 saturated carbocycles. The number of rotatable bonds is 3. The van der Waals surface area contributed by atoms with Crippen LogP contribution in [0.3, 0.4) is 0 Å². The maximum Gasteiger partial charge on any atom is 0.320 e. The molecule has 0 radical (unpaired) electrons. The van der Waals surface area contributed by atoms with Crippen LogP contribution < -0.4 is 5.32 Å². The molecular formula is C11H19NO2. The first kappa shape index (κ1) is 9.97. The average Bonchev–Trinajstić information content (AvgIpc) is 2.85. The van der Waals surface area contributed by atoms with E-state index >= 15 is 0 Å². The van der Waals surface area contributed by atoms with Gasteiger partial charge in [0.05, 0.1) is 0 Å². The van der Waals surface area contributed by atoms with Crippen molar-refractivity contribution in [3.63, 3.8) is 0 Å². The van der Waals surface area contributed by atoms with Crippen molar-refractivity contribution in [3.8, 4) is 0 Å². The summed E-state index contributed by atoms with van der Waals surface area (Å²) in [6, 6.07) is -0.326. The highest BCUT2D eigenvalue weighted by atomic mass is 16.4. The summed E-state index contributed by atoms with van der Waals surface area (Å²) >= 11 is 0. The van der Waals surface area contributed by atoms with Crippen LogP contribution in [0.1, 0.15) is 38.5 Å². The molecule has 2 aliphatic rings. The van der Waals surface area contributed by atoms with E-state index in [1.54, 1.807) is 7.05 Å². The van der Waals surface area contributed by atoms with Gasteiger partial charge in [-0.05, 0) is 50.5 Å². The molecule has 3 nitrogen and oxygen atoms in total. The number of hydrogen-bond acceptors (Lipinski definition) is 2. The first-order valence-electron chi connectivity index (χ1n) is 5.57. The maximum atomic E-state index is 11.0. The van der Waals surface area contributed by atoms with Gasteiger partial charge in [-0.3, -0.25) is 4.79 Å². The van der Waals surface area contributed by atoms with E-state index in [0.29, 0.717) is 11.3 Å². The lowest BCUT2D eigenvalue weighted by Crippen LogP contribution is -2.42. The monoisotopic (exact) mass is 197 g/mol. The molecule has 0 aromatic rings. The molecule has 14 heavy (non-hydrogen) atoms. The van der Waals surface area contributed by atoms with Gasteiger partial charge in [0.2, 0.25) is 0 Å². The predicted octanol–water partition coefficient (Wildman–Crippen LogP) is 1.63. The molecule has 3 heteroatoms. The van der Waals surface area contributed by atoms with Crippen LogP contribution in [0.4, 0.5) is 0 Å². The summed E-state index contributed by atoms with van der Waals surface area (Å²) in [5.74, 6) is -0.330. The van der Waals surface area contributed by atoms with Crippen LogP contribution in [0.25, 0.3) is 0 Å². The lowest BCUT2D eigenvalue weighted by atomic mass is 9.76. The first-order chi connectivity index (χ1) is 6.67. The van der Waals surface area contributed by atoms with E-state index in [1.165, 1.54) is 25.7 Å². The third-order valence-corrected chi connectivity index (χ3v) is 3.98. The van der Waals surface area contributed by atoms with Crippen LogP contribution in [0.15, 0.2) is 0 Å². The number of carboxylic acids is 1. The van der Waals surface area contributed by atoms with Crippen molar-refractivity contribution in [2.75, 3.05) is 7.05 Å². The van der Waals surface area contributed by atoms with Crippen molar-refractivity contribution in [1.82, 2.24) is 5.32 Å². The van der Waals surface area contributed by atoms with E-state index < -0.39 is 5.97 Å². The fourth-order valence-corrected chi connectivity index (χ4v) is 2.98. The second-order valence-corrected chi connectivity index (χ2v) is 4.96. The Kier molecular flexibility index (Phi) is 2.52. The highest BCUT2D eigenvalue weighted by Crippen LogP contribution is 2.57. The highest BCUT2D eigenvalue weighted by Gasteiger charge is 2.47. The summed E-state index contributed by atoms with van der Waals surface area (Å²) in [6.45, 7) is 0. The lowest BCUT2D eigenvalue weighted by molar-refractivity contribution is -0.141. The Hall–Kier alpha value is -0.570. The number of hydrogen-bond donors (Lipinski definition) is 2. The first-order valence-corrected chi connectivity index (χ1v) is 5.57. The van der Waals surface area contributed by atoms with Gasteiger partial charge in [0.1, 0.15) is 6.04 Å². The standard InChI is InChI=1S/C11H19NO2/c1-12-9(10(13)14)8-3-2-4-11(7-8)5-6-11/h8-9,12H,2-7H2,1H3,(H,13,14)/t8-,9-/m0/s1. The van der Waals surface area contributed by atoms with E-state index in [4.69, 9.17) is 5.11 Å². The highest BCUT2D eigenvalue weighted by molar-refractivity contribution is 5.73. The summed E-state index contributed by atoms with van der Waals surface area (Å²) in [5.41, 5.74) is 0.563. The molecule has 2 aliphatic carbocycles. The molecule has 1 spiro atoms. The Balaban J connectivity index is 1.98. The third-order valence-electron chi connectivity index (χ3n) is 3.98. The van der Waals surface area contributed by atoms with Crippen LogP contribution in [0.2, 0.25) is 0 Å². The Morgan fingerprint density at radius 3 is 2.71 bits per heavy atom. The molecule has 2 N–H and O–H groups in total. The van der Waals surface area contributed by atoms with E-state index in [2.05, 4.69) is 5.32 Å². The maximum absolute atomic E-state index is 11.0. The van der Waals surface area contributed by atoms with E-state index in [0.717, 1.165) is 12.8 Å². The number of carbonyl (C=O) groups is 1. The van der Waals surface area contributed by atoms with Crippen molar-refractivity contribution < 1.29 is 9.90 Å². The fourth-order valence-electron chi connectivity index (χ4n) is 2.98. The summed E-state index contributed by atoms with van der Waals surface area (Å²) in [4.78, 5) is 11.0. The number of carboxylic acid groups (broad SMARTS) is 1. The van der Waals surface area contributed by atoms with Crippen LogP contribution in [0, 0.1) is 11.3 Å². The predicted molar refractivity (Wildman–Crippen MR) is 54.1 cm³/mol. The molecule has 80 valence electrons. The molecule has 0 heterocycles. The lowest BCUT2D eigenvalue weighted by Gasteiger charge is -2.32. The number of aliphatic carboxylic acids is 1. The van der Waals surface area contributed by atoms with Gasteiger partial charge in [0.15, 0.2) is 0 Å². The zero-order chi connectivity index (χ0) is 10.2. The minimum atomic E-state index is -0.685. The molecular weight excluding hydrogens is 178 g/mol. The smallest absolute Gasteiger partial charge is 0.320 e. The molecule has 0 unspecified atom stereocenters. The second-order valence-electron chi connectivity index (χ2n) is 4.96. The van der Waals surface area contributed by atoms with Gasteiger partial charge in [-0.2, -0.15) is 0 Å². The van der Waals surface area contributed by atoms with Crippen molar-refractivity contribution in [2.45, 2.75) is 44.6 Å². The van der Waals surface area contributed by atoms with E-state index in [1.807, 2.05) is 0 Å². The number of nitrogens with one attached hydrogen (secondary N) is 1. The third kappa shape index (κ3) is 1.78. The van der Waals surface area contributed by atoms with Gasteiger partial charge in [0.25, 0.3) is 0 Å². The van der Waals surface area contributed by atoms with E-state index in [9.17, 15) is 4.79 Å². The van der Waals surface area contributed by atoms with Gasteiger partial charge >= 0.3 is 5.97 Å². The Morgan fingerprint density at radius 1 is 1.50 bits per heavy atom. The van der Waals surface area contributed by atoms with Crippen LogP contribution in [-0.4, -0.2) is 24.2 Å². The van der Waals surface area contributed by atoms with Crippen molar-refractivity contribution in [2.24, 2.45) is 11.3 Å². The van der Waals surface area contributed by atoms with Crippen molar-refractivity contribution in [3.05, 3.63) is 0 Å². The van der Waals surface area contributed by atoms with Gasteiger partial charge < -0.3 is 10.4 Å². The molecule has 0 aliphatic heterocycles. The van der Waals surface area contributed by atoms with Crippen LogP contribution >= 0.6 is 0 Å². The van der Waals surface area contributed by atoms with E-state index in [-0.39, 0.29) is 6.04 Å². The second kappa shape index (κ2) is 3.54. The topological polar surface area (TPSA) is 49.3 Å². The molecule has 0 aromatic carbocycles. The minimum absolute atomic E-state index is 0.326. The van der Waals surface area contributed by atoms with Crippen LogP contribution in [-0.2, 0) is 4.79 Å². The normalized spacial score (nSPS) is 31.4. The SMILES string of the molecule is CN[C@H](C(=O)O)[C@H]1CCCC2(CC2)C1. The Labute approximate surface area is 84.9 Å². The average molecular weight is 197 g/mol. The van der Waals surface area contributed by atoms with Gasteiger partial charge in [-0.1, -0.05) is 6.42 Å². The minimum Gasteiger partial charge on any atom is -0.480 e. The molecule has 0 saturated heterocycles. The Morgan fingerprint density at radius 2 is 2.21 bits per heavy atom. The van der Waals surface area contributed by atoms with Crippen LogP contribution in [0.5, 0.6) is 0 Å². The fraction of sp³-hybridized carbons (Fsp3) is 0.909. The number of likely N-dealkylation sites (N-methyl/N-ethyl adjacent to an activating group) is 1.